The van der Waals surface area contributed by atoms with Gasteiger partial charge in [0.15, 0.2) is 5.75 Å². The molecule has 2 nitrogen and oxygen atoms in total. The Morgan fingerprint density at radius 3 is 2.91 bits per heavy atom. The summed E-state index contributed by atoms with van der Waals surface area (Å²) in [4.78, 5) is 3.88. The predicted molar refractivity (Wildman–Crippen MR) is 43.7 cm³/mol. The number of hydrogen-bond donors (Lipinski definition) is 0. The SMILES string of the molecule is C#Cc1cc(Cl)c(OC)cn1. The van der Waals surface area contributed by atoms with Gasteiger partial charge >= 0.3 is 0 Å². The monoisotopic (exact) mass is 167 g/mol. The van der Waals surface area contributed by atoms with E-state index in [2.05, 4.69) is 10.9 Å². The van der Waals surface area contributed by atoms with Gasteiger partial charge < -0.3 is 4.74 Å². The van der Waals surface area contributed by atoms with Crippen LogP contribution in [0.15, 0.2) is 12.3 Å². The van der Waals surface area contributed by atoms with E-state index in [4.69, 9.17) is 22.8 Å². The highest BCUT2D eigenvalue weighted by Crippen LogP contribution is 2.22. The molecule has 1 aromatic heterocycles. The second kappa shape index (κ2) is 3.27. The summed E-state index contributed by atoms with van der Waals surface area (Å²) in [7, 11) is 1.53. The van der Waals surface area contributed by atoms with Gasteiger partial charge in [0, 0.05) is 0 Å². The number of rotatable bonds is 1. The van der Waals surface area contributed by atoms with Gasteiger partial charge in [-0.1, -0.05) is 17.5 Å². The fourth-order valence-electron chi connectivity index (χ4n) is 0.647. The lowest BCUT2D eigenvalue weighted by atomic mass is 10.3. The molecule has 0 bridgehead atoms. The Labute approximate surface area is 70.2 Å². The van der Waals surface area contributed by atoms with Crippen molar-refractivity contribution in [2.45, 2.75) is 0 Å². The molecule has 1 aromatic rings. The number of aromatic nitrogens is 1. The number of terminal acetylenes is 1. The molecule has 0 unspecified atom stereocenters. The van der Waals surface area contributed by atoms with E-state index < -0.39 is 0 Å². The van der Waals surface area contributed by atoms with Gasteiger partial charge in [0.2, 0.25) is 0 Å². The minimum atomic E-state index is 0.482. The van der Waals surface area contributed by atoms with E-state index in [1.165, 1.54) is 13.3 Å². The molecule has 0 spiro atoms. The molecular weight excluding hydrogens is 162 g/mol. The molecule has 0 atom stereocenters. The summed E-state index contributed by atoms with van der Waals surface area (Å²) >= 11 is 5.75. The predicted octanol–water partition coefficient (Wildman–Crippen LogP) is 1.72. The van der Waals surface area contributed by atoms with Crippen molar-refractivity contribution in [2.24, 2.45) is 0 Å². The maximum atomic E-state index is 5.75. The van der Waals surface area contributed by atoms with Crippen LogP contribution < -0.4 is 4.74 Å². The summed E-state index contributed by atoms with van der Waals surface area (Å²) in [6.07, 6.45) is 6.60. The smallest absolute Gasteiger partial charge is 0.155 e. The average molecular weight is 168 g/mol. The molecule has 11 heavy (non-hydrogen) atoms. The van der Waals surface area contributed by atoms with Crippen molar-refractivity contribution in [3.05, 3.63) is 23.0 Å². The zero-order chi connectivity index (χ0) is 8.27. The molecule has 0 aliphatic rings. The average Bonchev–Trinajstić information content (AvgIpc) is 2.04. The van der Waals surface area contributed by atoms with Crippen LogP contribution in [0.25, 0.3) is 0 Å². The molecule has 0 aliphatic carbocycles. The Bertz CT molecular complexity index is 303. The molecule has 1 rings (SSSR count). The maximum Gasteiger partial charge on any atom is 0.155 e. The highest BCUT2D eigenvalue weighted by Gasteiger charge is 1.99. The van der Waals surface area contributed by atoms with Crippen LogP contribution in [0, 0.1) is 12.3 Å². The number of halogens is 1. The summed E-state index contributed by atoms with van der Waals surface area (Å²) in [6.45, 7) is 0. The van der Waals surface area contributed by atoms with E-state index in [9.17, 15) is 0 Å². The van der Waals surface area contributed by atoms with Crippen LogP contribution in [0.5, 0.6) is 5.75 Å². The van der Waals surface area contributed by atoms with Gasteiger partial charge in [0.25, 0.3) is 0 Å². The van der Waals surface area contributed by atoms with Gasteiger partial charge in [-0.2, -0.15) is 0 Å². The summed E-state index contributed by atoms with van der Waals surface area (Å²) in [5.41, 5.74) is 0.510. The summed E-state index contributed by atoms with van der Waals surface area (Å²) in [6, 6.07) is 1.58. The number of ether oxygens (including phenoxy) is 1. The third kappa shape index (κ3) is 1.63. The zero-order valence-corrected chi connectivity index (χ0v) is 6.72. The van der Waals surface area contributed by atoms with E-state index in [1.807, 2.05) is 0 Å². The minimum absolute atomic E-state index is 0.482. The first-order valence-electron chi connectivity index (χ1n) is 2.94. The second-order valence-corrected chi connectivity index (χ2v) is 2.26. The molecule has 1 heterocycles. The maximum absolute atomic E-state index is 5.75. The molecular formula is C8H6ClNO. The van der Waals surface area contributed by atoms with Gasteiger partial charge in [-0.05, 0) is 6.07 Å². The third-order valence-corrected chi connectivity index (χ3v) is 1.48. The van der Waals surface area contributed by atoms with Crippen LogP contribution in [-0.2, 0) is 0 Å². The number of methoxy groups -OCH3 is 1. The number of pyridine rings is 1. The normalized spacial score (nSPS) is 8.82. The Kier molecular flexibility index (Phi) is 2.35. The van der Waals surface area contributed by atoms with E-state index in [0.29, 0.717) is 16.5 Å². The van der Waals surface area contributed by atoms with Crippen LogP contribution in [0.1, 0.15) is 5.69 Å². The zero-order valence-electron chi connectivity index (χ0n) is 5.97. The lowest BCUT2D eigenvalue weighted by molar-refractivity contribution is 0.413. The van der Waals surface area contributed by atoms with Crippen molar-refractivity contribution in [1.82, 2.24) is 4.98 Å². The van der Waals surface area contributed by atoms with Crippen LogP contribution in [0.2, 0.25) is 5.02 Å². The number of hydrogen-bond acceptors (Lipinski definition) is 2. The molecule has 0 saturated heterocycles. The lowest BCUT2D eigenvalue weighted by Gasteiger charge is -2.00. The van der Waals surface area contributed by atoms with Crippen molar-refractivity contribution in [2.75, 3.05) is 7.11 Å². The first kappa shape index (κ1) is 7.90. The quantitative estimate of drug-likeness (QED) is 0.595. The van der Waals surface area contributed by atoms with Crippen LogP contribution in [0.3, 0.4) is 0 Å². The number of nitrogens with zero attached hydrogens (tertiary/aromatic N) is 1. The highest BCUT2D eigenvalue weighted by molar-refractivity contribution is 6.32. The van der Waals surface area contributed by atoms with E-state index >= 15 is 0 Å². The topological polar surface area (TPSA) is 22.1 Å². The van der Waals surface area contributed by atoms with Crippen molar-refractivity contribution >= 4 is 11.6 Å². The van der Waals surface area contributed by atoms with Crippen molar-refractivity contribution in [3.63, 3.8) is 0 Å². The van der Waals surface area contributed by atoms with Gasteiger partial charge in [-0.25, -0.2) is 4.98 Å². The second-order valence-electron chi connectivity index (χ2n) is 1.85. The molecule has 0 aliphatic heterocycles. The molecule has 0 saturated carbocycles. The Morgan fingerprint density at radius 1 is 1.73 bits per heavy atom. The first-order valence-corrected chi connectivity index (χ1v) is 3.32. The Hall–Kier alpha value is -1.20. The van der Waals surface area contributed by atoms with Crippen molar-refractivity contribution in [1.29, 1.82) is 0 Å². The van der Waals surface area contributed by atoms with Gasteiger partial charge in [0.1, 0.15) is 5.69 Å². The minimum Gasteiger partial charge on any atom is -0.494 e. The fraction of sp³-hybridized carbons (Fsp3) is 0.125. The van der Waals surface area contributed by atoms with E-state index in [1.54, 1.807) is 6.07 Å². The van der Waals surface area contributed by atoms with Gasteiger partial charge in [-0.3, -0.25) is 0 Å². The molecule has 0 N–H and O–H groups in total. The molecule has 56 valence electrons. The highest BCUT2D eigenvalue weighted by atomic mass is 35.5. The lowest BCUT2D eigenvalue weighted by Crippen LogP contribution is -1.87. The van der Waals surface area contributed by atoms with Gasteiger partial charge in [-0.15, -0.1) is 6.42 Å². The fourth-order valence-corrected chi connectivity index (χ4v) is 0.877. The Morgan fingerprint density at radius 2 is 2.45 bits per heavy atom. The van der Waals surface area contributed by atoms with E-state index in [-0.39, 0.29) is 0 Å². The standard InChI is InChI=1S/C8H6ClNO/c1-3-6-4-7(9)8(11-2)5-10-6/h1,4-5H,2H3. The van der Waals surface area contributed by atoms with Crippen LogP contribution >= 0.6 is 11.6 Å². The first-order chi connectivity index (χ1) is 5.27. The third-order valence-electron chi connectivity index (χ3n) is 1.19. The van der Waals surface area contributed by atoms with Crippen molar-refractivity contribution in [3.8, 4) is 18.1 Å². The Balaban J connectivity index is 3.12. The van der Waals surface area contributed by atoms with Crippen LogP contribution in [-0.4, -0.2) is 12.1 Å². The van der Waals surface area contributed by atoms with Gasteiger partial charge in [0.05, 0.1) is 18.3 Å². The molecule has 0 aromatic carbocycles. The summed E-state index contributed by atoms with van der Waals surface area (Å²) in [5.74, 6) is 2.90. The largest absolute Gasteiger partial charge is 0.494 e. The molecule has 0 fully saturated rings. The summed E-state index contributed by atoms with van der Waals surface area (Å²) < 4.78 is 4.88. The van der Waals surface area contributed by atoms with Crippen LogP contribution in [0.4, 0.5) is 0 Å². The van der Waals surface area contributed by atoms with E-state index in [0.717, 1.165) is 0 Å². The van der Waals surface area contributed by atoms with Crippen molar-refractivity contribution < 1.29 is 4.74 Å². The summed E-state index contributed by atoms with van der Waals surface area (Å²) in [5, 5.41) is 0.482. The molecule has 0 amide bonds. The molecule has 3 heteroatoms. The molecule has 0 radical (unpaired) electrons.